The summed E-state index contributed by atoms with van der Waals surface area (Å²) in [6.07, 6.45) is 3.42. The molecule has 0 radical (unpaired) electrons. The summed E-state index contributed by atoms with van der Waals surface area (Å²) in [5, 5.41) is 32.5. The fourth-order valence-electron chi connectivity index (χ4n) is 10.2. The van der Waals surface area contributed by atoms with Gasteiger partial charge in [0.2, 0.25) is 5.36 Å². The molecule has 0 saturated carbocycles. The van der Waals surface area contributed by atoms with Crippen LogP contribution in [0.15, 0.2) is 65.6 Å². The van der Waals surface area contributed by atoms with Crippen molar-refractivity contribution in [1.29, 1.82) is 5.26 Å². The first-order valence-electron chi connectivity index (χ1n) is 17.8. The number of aliphatic hydroxyl groups excluding tert-OH is 1. The molecule has 9 N–H and O–H groups in total. The van der Waals surface area contributed by atoms with E-state index in [9.17, 15) is 10.4 Å². The summed E-state index contributed by atoms with van der Waals surface area (Å²) in [6, 6.07) is 18.3. The number of benzene rings is 6. The lowest BCUT2D eigenvalue weighted by molar-refractivity contribution is 0.434. The van der Waals surface area contributed by atoms with Crippen LogP contribution in [0.25, 0.3) is 59.1 Å². The number of rotatable bonds is 1. The third-order valence-corrected chi connectivity index (χ3v) is 12.4. The van der Waals surface area contributed by atoms with Crippen molar-refractivity contribution >= 4 is 82.7 Å². The highest BCUT2D eigenvalue weighted by Gasteiger charge is 2.41. The van der Waals surface area contributed by atoms with Crippen LogP contribution in [-0.2, 0) is 25.7 Å². The van der Waals surface area contributed by atoms with Crippen molar-refractivity contribution in [1.82, 2.24) is 4.58 Å². The molecule has 11 rings (SSSR count). The second kappa shape index (κ2) is 9.74. The molecule has 0 amide bonds. The largest absolute Gasteiger partial charge is 0.507 e. The topological polar surface area (TPSA) is 159 Å². The summed E-state index contributed by atoms with van der Waals surface area (Å²) in [5.41, 5.74) is 37.5. The first-order chi connectivity index (χ1) is 25.3. The summed E-state index contributed by atoms with van der Waals surface area (Å²) in [4.78, 5) is 6.22. The van der Waals surface area contributed by atoms with E-state index < -0.39 is 0 Å². The Labute approximate surface area is 298 Å². The van der Waals surface area contributed by atoms with E-state index in [4.69, 9.17) is 29.5 Å². The number of hydrogen-bond acceptors (Lipinski definition) is 7. The quantitative estimate of drug-likeness (QED) is 0.0540. The Morgan fingerprint density at radius 2 is 1.15 bits per heavy atom. The van der Waals surface area contributed by atoms with Gasteiger partial charge in [0.15, 0.2) is 0 Å². The van der Waals surface area contributed by atoms with Gasteiger partial charge >= 0.3 is 0 Å². The van der Waals surface area contributed by atoms with Crippen LogP contribution in [0.3, 0.4) is 0 Å². The van der Waals surface area contributed by atoms with E-state index in [1.165, 1.54) is 22.3 Å². The Hall–Kier alpha value is -6.71. The first kappa shape index (κ1) is 29.1. The zero-order valence-corrected chi connectivity index (χ0v) is 28.3. The number of hydrogen-bond donors (Lipinski definition) is 5. The normalized spacial score (nSPS) is 17.8. The van der Waals surface area contributed by atoms with Gasteiger partial charge in [0.05, 0.1) is 29.1 Å². The van der Waals surface area contributed by atoms with Crippen molar-refractivity contribution in [2.75, 3.05) is 54.0 Å². The molecule has 250 valence electrons. The van der Waals surface area contributed by atoms with Crippen molar-refractivity contribution < 1.29 is 5.11 Å². The standard InChI is InChI=1S/C43H32N8O/c1-49-27(18-44)36-39(37-32-23(45)6-2-19-10-14-50-15-11-20-3-7-24(46)33(37)29(20)41(50)28(19)32)43(52)40(36)38-34-25(47)8-4-21-12-16-51-17-13-22-5-9-26(48)35(38)31(22)42(51)30(21)34/h2-9H,10-17,45-48H2/p+1. The molecule has 52 heavy (non-hydrogen) atoms. The maximum atomic E-state index is 12.8. The molecule has 0 spiro atoms. The van der Waals surface area contributed by atoms with E-state index in [1.807, 2.05) is 24.3 Å². The summed E-state index contributed by atoms with van der Waals surface area (Å²) < 4.78 is 2.42. The Kier molecular flexibility index (Phi) is 5.45. The minimum absolute atomic E-state index is 0.0294. The maximum absolute atomic E-state index is 12.8. The average Bonchev–Trinajstić information content (AvgIpc) is 3.16. The number of nitrogens with two attached hydrogens (primary N) is 4. The smallest absolute Gasteiger partial charge is 0.270 e. The minimum Gasteiger partial charge on any atom is -0.507 e. The Morgan fingerprint density at radius 3 is 1.63 bits per heavy atom. The first-order valence-corrected chi connectivity index (χ1v) is 17.8. The monoisotopic (exact) mass is 677 g/mol. The van der Waals surface area contributed by atoms with Gasteiger partial charge in [-0.2, -0.15) is 0 Å². The van der Waals surface area contributed by atoms with Crippen LogP contribution in [0.1, 0.15) is 27.8 Å². The van der Waals surface area contributed by atoms with Crippen LogP contribution in [0.4, 0.5) is 28.4 Å². The molecule has 6 aromatic carbocycles. The molecule has 0 saturated heterocycles. The Balaban J connectivity index is 1.43. The van der Waals surface area contributed by atoms with Crippen molar-refractivity contribution in [3.8, 4) is 6.07 Å². The lowest BCUT2D eigenvalue weighted by atomic mass is 9.71. The maximum Gasteiger partial charge on any atom is 0.270 e. The van der Waals surface area contributed by atoms with E-state index in [2.05, 4.69) is 44.7 Å². The van der Waals surface area contributed by atoms with Crippen molar-refractivity contribution in [2.24, 2.45) is 0 Å². The van der Waals surface area contributed by atoms with Gasteiger partial charge in [-0.1, -0.05) is 24.3 Å². The molecule has 6 aromatic rings. The van der Waals surface area contributed by atoms with E-state index in [-0.39, 0.29) is 11.5 Å². The average molecular weight is 678 g/mol. The highest BCUT2D eigenvalue weighted by Crippen LogP contribution is 2.57. The molecule has 9 nitrogen and oxygen atoms in total. The number of nitriles is 1. The lowest BCUT2D eigenvalue weighted by Crippen LogP contribution is -2.42. The molecule has 4 aliphatic heterocycles. The van der Waals surface area contributed by atoms with Gasteiger partial charge in [0.1, 0.15) is 18.8 Å². The molecule has 0 atom stereocenters. The van der Waals surface area contributed by atoms with Crippen molar-refractivity contribution in [3.63, 3.8) is 0 Å². The minimum atomic E-state index is -0.130. The van der Waals surface area contributed by atoms with Gasteiger partial charge in [-0.3, -0.25) is 0 Å². The molecule has 4 heterocycles. The van der Waals surface area contributed by atoms with Gasteiger partial charge in [-0.25, -0.2) is 14.7 Å². The molecule has 0 bridgehead atoms. The number of allylic oxidation sites excluding steroid dienone is 3. The zero-order chi connectivity index (χ0) is 35.3. The number of nitrogen functional groups attached to an aromatic ring is 4. The van der Waals surface area contributed by atoms with Gasteiger partial charge < -0.3 is 32.9 Å². The van der Waals surface area contributed by atoms with Gasteiger partial charge in [-0.15, -0.1) is 0 Å². The van der Waals surface area contributed by atoms with Gasteiger partial charge in [0, 0.05) is 108 Å². The fourth-order valence-corrected chi connectivity index (χ4v) is 10.2. The molecule has 1 aliphatic carbocycles. The van der Waals surface area contributed by atoms with Gasteiger partial charge in [0.25, 0.3) is 5.70 Å². The summed E-state index contributed by atoms with van der Waals surface area (Å²) in [5.74, 6) is -0.0294. The lowest BCUT2D eigenvalue weighted by Gasteiger charge is -2.39. The van der Waals surface area contributed by atoms with Crippen LogP contribution >= 0.6 is 0 Å². The van der Waals surface area contributed by atoms with Gasteiger partial charge in [-0.05, 0) is 59.4 Å². The van der Waals surface area contributed by atoms with Crippen molar-refractivity contribution in [3.05, 3.63) is 115 Å². The molecule has 9 heteroatoms. The van der Waals surface area contributed by atoms with E-state index in [0.717, 1.165) is 106 Å². The summed E-state index contributed by atoms with van der Waals surface area (Å²) in [6.45, 7) is 11.9. The fraction of sp³-hybridized carbons (Fsp3) is 0.186. The SMILES string of the molecule is [C-]#[N+]C(C#N)=C1C(c2c3c(N)ccc4c3c3c5c(ccc(N)c25)CCN3CC4)=C(O)C1=c1c2c(N)ccc3c2c2c4c(ccc(N)c14)CC[N+]=2CC3. The Bertz CT molecular complexity index is 2930. The summed E-state index contributed by atoms with van der Waals surface area (Å²) >= 11 is 0. The molecule has 0 aromatic heterocycles. The molecule has 0 fully saturated rings. The third-order valence-electron chi connectivity index (χ3n) is 12.4. The molecular weight excluding hydrogens is 645 g/mol. The van der Waals surface area contributed by atoms with E-state index in [0.29, 0.717) is 50.3 Å². The van der Waals surface area contributed by atoms with Crippen molar-refractivity contribution in [2.45, 2.75) is 25.7 Å². The number of anilines is 5. The predicted molar refractivity (Wildman–Crippen MR) is 210 cm³/mol. The predicted octanol–water partition coefficient (Wildman–Crippen LogP) is 4.98. The van der Waals surface area contributed by atoms with E-state index >= 15 is 0 Å². The second-order valence-electron chi connectivity index (χ2n) is 14.7. The zero-order valence-electron chi connectivity index (χ0n) is 28.3. The van der Waals surface area contributed by atoms with Crippen LogP contribution in [0.2, 0.25) is 0 Å². The van der Waals surface area contributed by atoms with E-state index in [1.54, 1.807) is 0 Å². The highest BCUT2D eigenvalue weighted by molar-refractivity contribution is 6.31. The summed E-state index contributed by atoms with van der Waals surface area (Å²) in [7, 11) is 0. The number of aliphatic hydroxyl groups is 1. The third kappa shape index (κ3) is 3.29. The van der Waals surface area contributed by atoms with Crippen LogP contribution in [-0.4, -0.2) is 31.3 Å². The molecule has 5 aliphatic rings. The molecular formula is C43H33N8O+. The van der Waals surface area contributed by atoms with Crippen LogP contribution in [0, 0.1) is 17.9 Å². The molecule has 0 unspecified atom stereocenters. The van der Waals surface area contributed by atoms with Crippen LogP contribution < -0.4 is 43.0 Å². The highest BCUT2D eigenvalue weighted by atomic mass is 16.3. The van der Waals surface area contributed by atoms with Crippen LogP contribution in [0.5, 0.6) is 0 Å². The second-order valence-corrected chi connectivity index (χ2v) is 14.7. The number of nitrogens with zero attached hydrogens (tertiary/aromatic N) is 4. The Morgan fingerprint density at radius 1 is 0.673 bits per heavy atom.